The minimum atomic E-state index is -4.87. The summed E-state index contributed by atoms with van der Waals surface area (Å²) in [6.45, 7) is -1.28. The van der Waals surface area contributed by atoms with Gasteiger partial charge in [-0.25, -0.2) is 9.69 Å². The molecule has 0 aliphatic carbocycles. The lowest BCUT2D eigenvalue weighted by atomic mass is 9.89. The summed E-state index contributed by atoms with van der Waals surface area (Å²) in [7, 11) is 0. The molecule has 29 heavy (non-hydrogen) atoms. The Morgan fingerprint density at radius 3 is 2.31 bits per heavy atom. The molecule has 1 aliphatic heterocycles. The Hall–Kier alpha value is -3.42. The van der Waals surface area contributed by atoms with Gasteiger partial charge in [-0.1, -0.05) is 30.3 Å². The average Bonchev–Trinajstić information content (AvgIpc) is 2.93. The van der Waals surface area contributed by atoms with E-state index in [4.69, 9.17) is 11.0 Å². The van der Waals surface area contributed by atoms with E-state index in [1.54, 1.807) is 18.2 Å². The fourth-order valence-electron chi connectivity index (χ4n) is 3.37. The lowest BCUT2D eigenvalue weighted by Gasteiger charge is -2.32. The molecule has 0 saturated carbocycles. The highest BCUT2D eigenvalue weighted by molar-refractivity contribution is 6.23. The number of amides is 3. The number of urea groups is 1. The van der Waals surface area contributed by atoms with Crippen LogP contribution in [0.1, 0.15) is 16.7 Å². The molecule has 1 saturated heterocycles. The Bertz CT molecular complexity index is 1000. The van der Waals surface area contributed by atoms with Crippen LogP contribution in [0.3, 0.4) is 0 Å². The zero-order chi connectivity index (χ0) is 21.4. The number of rotatable bonds is 4. The first kappa shape index (κ1) is 20.3. The number of carbonyl (C=O) groups is 2. The summed E-state index contributed by atoms with van der Waals surface area (Å²) in [6.07, 6.45) is -4.87. The van der Waals surface area contributed by atoms with Gasteiger partial charge in [0.2, 0.25) is 0 Å². The molecule has 2 aromatic carbocycles. The molecular formula is C19H15F3N4O3. The second kappa shape index (κ2) is 7.20. The Balaban J connectivity index is 2.19. The first-order valence-electron chi connectivity index (χ1n) is 8.36. The number of alkyl halides is 3. The summed E-state index contributed by atoms with van der Waals surface area (Å²) in [5.41, 5.74) is 1.74. The number of nitrogens with two attached hydrogens (primary N) is 1. The summed E-state index contributed by atoms with van der Waals surface area (Å²) in [5, 5.41) is 19.0. The van der Waals surface area contributed by atoms with Crippen LogP contribution in [-0.4, -0.2) is 35.2 Å². The number of nitriles is 1. The molecule has 3 rings (SSSR count). The van der Waals surface area contributed by atoms with Gasteiger partial charge in [0.15, 0.2) is 5.54 Å². The minimum Gasteiger partial charge on any atom is -0.393 e. The van der Waals surface area contributed by atoms with Gasteiger partial charge in [-0.05, 0) is 23.8 Å². The van der Waals surface area contributed by atoms with Gasteiger partial charge in [0, 0.05) is 0 Å². The SMILES string of the molecule is N#Cc1ccc(N2C(=O)N(CN)C(CO)(c3ccccc3)C2=O)cc1C(F)(F)F. The van der Waals surface area contributed by atoms with E-state index in [-0.39, 0.29) is 11.3 Å². The lowest BCUT2D eigenvalue weighted by molar-refractivity contribution is -0.137. The van der Waals surface area contributed by atoms with E-state index in [0.29, 0.717) is 11.0 Å². The van der Waals surface area contributed by atoms with Crippen LogP contribution in [0.5, 0.6) is 0 Å². The van der Waals surface area contributed by atoms with Crippen molar-refractivity contribution in [3.05, 3.63) is 65.2 Å². The fraction of sp³-hybridized carbons (Fsp3) is 0.211. The van der Waals surface area contributed by atoms with Gasteiger partial charge >= 0.3 is 12.2 Å². The van der Waals surface area contributed by atoms with Crippen LogP contribution in [0.15, 0.2) is 48.5 Å². The van der Waals surface area contributed by atoms with Crippen molar-refractivity contribution in [2.45, 2.75) is 11.7 Å². The topological polar surface area (TPSA) is 111 Å². The molecule has 1 fully saturated rings. The molecule has 0 aromatic heterocycles. The molecule has 3 N–H and O–H groups in total. The first-order valence-corrected chi connectivity index (χ1v) is 8.36. The van der Waals surface area contributed by atoms with E-state index < -0.39 is 48.1 Å². The summed E-state index contributed by atoms with van der Waals surface area (Å²) >= 11 is 0. The Morgan fingerprint density at radius 1 is 1.14 bits per heavy atom. The maximum absolute atomic E-state index is 13.3. The van der Waals surface area contributed by atoms with Crippen molar-refractivity contribution in [2.24, 2.45) is 5.73 Å². The molecule has 10 heteroatoms. The van der Waals surface area contributed by atoms with Crippen molar-refractivity contribution in [1.82, 2.24) is 4.90 Å². The molecular weight excluding hydrogens is 389 g/mol. The highest BCUT2D eigenvalue weighted by atomic mass is 19.4. The van der Waals surface area contributed by atoms with Gasteiger partial charge < -0.3 is 10.8 Å². The molecule has 1 heterocycles. The largest absolute Gasteiger partial charge is 0.417 e. The van der Waals surface area contributed by atoms with Gasteiger partial charge in [0.05, 0.1) is 36.2 Å². The maximum atomic E-state index is 13.3. The number of carbonyl (C=O) groups excluding carboxylic acids is 2. The van der Waals surface area contributed by atoms with Crippen LogP contribution in [0.25, 0.3) is 0 Å². The van der Waals surface area contributed by atoms with Crippen LogP contribution >= 0.6 is 0 Å². The highest BCUT2D eigenvalue weighted by Gasteiger charge is 2.58. The van der Waals surface area contributed by atoms with Crippen LogP contribution in [0.2, 0.25) is 0 Å². The van der Waals surface area contributed by atoms with Crippen molar-refractivity contribution >= 4 is 17.6 Å². The molecule has 150 valence electrons. The molecule has 0 spiro atoms. The van der Waals surface area contributed by atoms with Gasteiger partial charge in [0.25, 0.3) is 5.91 Å². The predicted molar refractivity (Wildman–Crippen MR) is 95.1 cm³/mol. The standard InChI is InChI=1S/C19H15F3N4O3/c20-19(21,22)15-8-14(7-6-12(15)9-23)26-16(28)18(10-27,25(11-24)17(26)29)13-4-2-1-3-5-13/h1-8,27H,10-11,24H2. The second-order valence-electron chi connectivity index (χ2n) is 6.26. The smallest absolute Gasteiger partial charge is 0.393 e. The number of hydrogen-bond donors (Lipinski definition) is 2. The van der Waals surface area contributed by atoms with E-state index in [0.717, 1.165) is 17.0 Å². The molecule has 0 bridgehead atoms. The second-order valence-corrected chi connectivity index (χ2v) is 6.26. The van der Waals surface area contributed by atoms with E-state index >= 15 is 0 Å². The molecule has 1 aliphatic rings. The van der Waals surface area contributed by atoms with Crippen LogP contribution in [0.4, 0.5) is 23.7 Å². The number of imide groups is 1. The Kier molecular flexibility index (Phi) is 5.04. The Morgan fingerprint density at radius 2 is 1.79 bits per heavy atom. The maximum Gasteiger partial charge on any atom is 0.417 e. The third kappa shape index (κ3) is 3.00. The van der Waals surface area contributed by atoms with Crippen LogP contribution in [0, 0.1) is 11.3 Å². The zero-order valence-electron chi connectivity index (χ0n) is 14.8. The first-order chi connectivity index (χ1) is 13.7. The third-order valence-electron chi connectivity index (χ3n) is 4.79. The molecule has 7 nitrogen and oxygen atoms in total. The molecule has 1 atom stereocenters. The van der Waals surface area contributed by atoms with Crippen molar-refractivity contribution in [1.29, 1.82) is 5.26 Å². The van der Waals surface area contributed by atoms with E-state index in [1.807, 2.05) is 0 Å². The Labute approximate surface area is 163 Å². The molecule has 3 amide bonds. The van der Waals surface area contributed by atoms with Gasteiger partial charge in [-0.15, -0.1) is 0 Å². The summed E-state index contributed by atoms with van der Waals surface area (Å²) in [4.78, 5) is 27.6. The number of benzene rings is 2. The number of halogens is 3. The average molecular weight is 404 g/mol. The number of aliphatic hydroxyl groups excluding tert-OH is 1. The fourth-order valence-corrected chi connectivity index (χ4v) is 3.37. The number of nitrogens with zero attached hydrogens (tertiary/aromatic N) is 3. The van der Waals surface area contributed by atoms with E-state index in [2.05, 4.69) is 0 Å². The summed E-state index contributed by atoms with van der Waals surface area (Å²) in [6, 6.07) is 10.8. The van der Waals surface area contributed by atoms with Crippen LogP contribution < -0.4 is 10.6 Å². The van der Waals surface area contributed by atoms with Crippen molar-refractivity contribution in [3.8, 4) is 6.07 Å². The molecule has 0 radical (unpaired) electrons. The van der Waals surface area contributed by atoms with Gasteiger partial charge in [-0.2, -0.15) is 18.4 Å². The van der Waals surface area contributed by atoms with Crippen molar-refractivity contribution in [3.63, 3.8) is 0 Å². The van der Waals surface area contributed by atoms with Gasteiger partial charge in [-0.3, -0.25) is 9.69 Å². The number of aliphatic hydroxyl groups is 1. The van der Waals surface area contributed by atoms with E-state index in [1.165, 1.54) is 18.2 Å². The number of hydrogen-bond acceptors (Lipinski definition) is 5. The van der Waals surface area contributed by atoms with E-state index in [9.17, 15) is 27.9 Å². The van der Waals surface area contributed by atoms with Crippen molar-refractivity contribution in [2.75, 3.05) is 18.2 Å². The zero-order valence-corrected chi connectivity index (χ0v) is 14.8. The summed E-state index contributed by atoms with van der Waals surface area (Å²) < 4.78 is 39.9. The monoisotopic (exact) mass is 404 g/mol. The predicted octanol–water partition coefficient (Wildman–Crippen LogP) is 2.15. The van der Waals surface area contributed by atoms with Gasteiger partial charge in [0.1, 0.15) is 0 Å². The normalized spacial score (nSPS) is 19.6. The van der Waals surface area contributed by atoms with Crippen LogP contribution in [-0.2, 0) is 16.5 Å². The minimum absolute atomic E-state index is 0.262. The lowest BCUT2D eigenvalue weighted by Crippen LogP contribution is -2.51. The number of anilines is 1. The highest BCUT2D eigenvalue weighted by Crippen LogP contribution is 2.41. The summed E-state index contributed by atoms with van der Waals surface area (Å²) in [5.74, 6) is -0.945. The molecule has 2 aromatic rings. The quantitative estimate of drug-likeness (QED) is 0.759. The van der Waals surface area contributed by atoms with Crippen molar-refractivity contribution < 1.29 is 27.9 Å². The molecule has 1 unspecified atom stereocenters. The third-order valence-corrected chi connectivity index (χ3v) is 4.79.